The SMILES string of the molecule is O=C(Nc1nnc(-c2ccccn2)s1)c1ccc2c(c1)OCCO2. The summed E-state index contributed by atoms with van der Waals surface area (Å²) in [7, 11) is 0. The maximum Gasteiger partial charge on any atom is 0.257 e. The van der Waals surface area contributed by atoms with Gasteiger partial charge in [0.2, 0.25) is 5.13 Å². The highest BCUT2D eigenvalue weighted by molar-refractivity contribution is 7.18. The Bertz CT molecular complexity index is 882. The first-order valence-corrected chi connectivity index (χ1v) is 8.07. The number of fused-ring (bicyclic) bond motifs is 1. The van der Waals surface area contributed by atoms with Crippen molar-refractivity contribution in [2.24, 2.45) is 0 Å². The second kappa shape index (κ2) is 6.25. The van der Waals surface area contributed by atoms with E-state index in [0.29, 0.717) is 40.4 Å². The van der Waals surface area contributed by atoms with Crippen LogP contribution in [-0.4, -0.2) is 34.3 Å². The van der Waals surface area contributed by atoms with Gasteiger partial charge in [-0.15, -0.1) is 10.2 Å². The summed E-state index contributed by atoms with van der Waals surface area (Å²) in [6.45, 7) is 0.988. The number of carbonyl (C=O) groups excluding carboxylic acids is 1. The van der Waals surface area contributed by atoms with Gasteiger partial charge in [-0.1, -0.05) is 17.4 Å². The van der Waals surface area contributed by atoms with E-state index in [0.717, 1.165) is 5.69 Å². The number of anilines is 1. The fourth-order valence-corrected chi connectivity index (χ4v) is 2.94. The molecule has 3 aromatic rings. The largest absolute Gasteiger partial charge is 0.486 e. The summed E-state index contributed by atoms with van der Waals surface area (Å²) in [6.07, 6.45) is 1.68. The van der Waals surface area contributed by atoms with Crippen LogP contribution in [-0.2, 0) is 0 Å². The van der Waals surface area contributed by atoms with Crippen molar-refractivity contribution in [3.8, 4) is 22.2 Å². The summed E-state index contributed by atoms with van der Waals surface area (Å²) < 4.78 is 10.9. The van der Waals surface area contributed by atoms with E-state index < -0.39 is 0 Å². The number of amides is 1. The van der Waals surface area contributed by atoms with Crippen LogP contribution in [0.25, 0.3) is 10.7 Å². The highest BCUT2D eigenvalue weighted by Crippen LogP contribution is 2.31. The van der Waals surface area contributed by atoms with E-state index in [4.69, 9.17) is 9.47 Å². The monoisotopic (exact) mass is 340 g/mol. The third-order valence-corrected chi connectivity index (χ3v) is 4.20. The lowest BCUT2D eigenvalue weighted by Gasteiger charge is -2.18. The van der Waals surface area contributed by atoms with Crippen LogP contribution in [0.2, 0.25) is 0 Å². The van der Waals surface area contributed by atoms with Crippen LogP contribution >= 0.6 is 11.3 Å². The third-order valence-electron chi connectivity index (χ3n) is 3.33. The Balaban J connectivity index is 1.51. The van der Waals surface area contributed by atoms with Crippen LogP contribution in [0, 0.1) is 0 Å². The zero-order valence-electron chi connectivity index (χ0n) is 12.4. The van der Waals surface area contributed by atoms with Crippen LogP contribution < -0.4 is 14.8 Å². The van der Waals surface area contributed by atoms with Gasteiger partial charge in [0.25, 0.3) is 5.91 Å². The molecule has 1 N–H and O–H groups in total. The molecule has 1 amide bonds. The molecule has 0 saturated carbocycles. The summed E-state index contributed by atoms with van der Waals surface area (Å²) in [5.41, 5.74) is 1.18. The van der Waals surface area contributed by atoms with Crippen molar-refractivity contribution in [3.63, 3.8) is 0 Å². The molecule has 8 heteroatoms. The highest BCUT2D eigenvalue weighted by Gasteiger charge is 2.16. The smallest absolute Gasteiger partial charge is 0.257 e. The van der Waals surface area contributed by atoms with Gasteiger partial charge in [-0.05, 0) is 30.3 Å². The van der Waals surface area contributed by atoms with Gasteiger partial charge in [0, 0.05) is 11.8 Å². The fraction of sp³-hybridized carbons (Fsp3) is 0.125. The van der Waals surface area contributed by atoms with Gasteiger partial charge in [-0.25, -0.2) is 0 Å². The minimum absolute atomic E-state index is 0.282. The van der Waals surface area contributed by atoms with Gasteiger partial charge in [-0.3, -0.25) is 15.1 Å². The maximum absolute atomic E-state index is 12.4. The Morgan fingerprint density at radius 2 is 1.96 bits per heavy atom. The molecular weight excluding hydrogens is 328 g/mol. The minimum Gasteiger partial charge on any atom is -0.486 e. The molecule has 120 valence electrons. The highest BCUT2D eigenvalue weighted by atomic mass is 32.1. The van der Waals surface area contributed by atoms with Crippen molar-refractivity contribution in [1.29, 1.82) is 0 Å². The Hall–Kier alpha value is -3.00. The van der Waals surface area contributed by atoms with E-state index >= 15 is 0 Å². The van der Waals surface area contributed by atoms with Crippen LogP contribution in [0.1, 0.15) is 10.4 Å². The maximum atomic E-state index is 12.4. The topological polar surface area (TPSA) is 86.2 Å². The summed E-state index contributed by atoms with van der Waals surface area (Å²) in [4.78, 5) is 16.6. The molecule has 0 fully saturated rings. The molecule has 7 nitrogen and oxygen atoms in total. The number of benzene rings is 1. The van der Waals surface area contributed by atoms with E-state index in [9.17, 15) is 4.79 Å². The fourth-order valence-electron chi connectivity index (χ4n) is 2.22. The van der Waals surface area contributed by atoms with Crippen molar-refractivity contribution in [3.05, 3.63) is 48.2 Å². The summed E-state index contributed by atoms with van der Waals surface area (Å²) in [5.74, 6) is 0.933. The number of nitrogens with zero attached hydrogens (tertiary/aromatic N) is 3. The molecule has 0 bridgehead atoms. The van der Waals surface area contributed by atoms with Crippen LogP contribution in [0.15, 0.2) is 42.6 Å². The average molecular weight is 340 g/mol. The first-order chi connectivity index (χ1) is 11.8. The van der Waals surface area contributed by atoms with Crippen LogP contribution in [0.5, 0.6) is 11.5 Å². The molecule has 0 radical (unpaired) electrons. The molecule has 0 spiro atoms. The summed E-state index contributed by atoms with van der Waals surface area (Å²) in [5, 5.41) is 11.8. The number of aromatic nitrogens is 3. The molecule has 0 unspecified atom stereocenters. The normalized spacial score (nSPS) is 12.7. The van der Waals surface area contributed by atoms with Gasteiger partial charge in [0.15, 0.2) is 16.5 Å². The van der Waals surface area contributed by atoms with Crippen LogP contribution in [0.4, 0.5) is 5.13 Å². The number of pyridine rings is 1. The predicted molar refractivity (Wildman–Crippen MR) is 88.5 cm³/mol. The molecular formula is C16H12N4O3S. The van der Waals surface area contributed by atoms with Crippen molar-refractivity contribution in [1.82, 2.24) is 15.2 Å². The number of hydrogen-bond donors (Lipinski definition) is 1. The van der Waals surface area contributed by atoms with Gasteiger partial charge in [0.05, 0.1) is 0 Å². The quantitative estimate of drug-likeness (QED) is 0.789. The van der Waals surface area contributed by atoms with Gasteiger partial charge >= 0.3 is 0 Å². The predicted octanol–water partition coefficient (Wildman–Crippen LogP) is 2.62. The van der Waals surface area contributed by atoms with E-state index in [1.807, 2.05) is 18.2 Å². The second-order valence-corrected chi connectivity index (χ2v) is 5.92. The first kappa shape index (κ1) is 14.6. The Morgan fingerprint density at radius 3 is 2.79 bits per heavy atom. The molecule has 1 aliphatic heterocycles. The lowest BCUT2D eigenvalue weighted by Crippen LogP contribution is -2.17. The Kier molecular flexibility index (Phi) is 3.80. The molecule has 2 aromatic heterocycles. The van der Waals surface area contributed by atoms with Crippen molar-refractivity contribution >= 4 is 22.4 Å². The van der Waals surface area contributed by atoms with Crippen molar-refractivity contribution in [2.45, 2.75) is 0 Å². The number of carbonyl (C=O) groups is 1. The number of rotatable bonds is 3. The molecule has 4 rings (SSSR count). The minimum atomic E-state index is -0.282. The zero-order valence-corrected chi connectivity index (χ0v) is 13.2. The molecule has 1 aliphatic rings. The van der Waals surface area contributed by atoms with E-state index in [1.54, 1.807) is 24.4 Å². The lowest BCUT2D eigenvalue weighted by molar-refractivity contribution is 0.102. The standard InChI is InChI=1S/C16H12N4O3S/c21-14(10-4-5-12-13(9-10)23-8-7-22-12)18-16-20-19-15(24-16)11-3-1-2-6-17-11/h1-6,9H,7-8H2,(H,18,20,21). The summed E-state index contributed by atoms with van der Waals surface area (Å²) >= 11 is 1.27. The van der Waals surface area contributed by atoms with E-state index in [-0.39, 0.29) is 5.91 Å². The molecule has 3 heterocycles. The number of hydrogen-bond acceptors (Lipinski definition) is 7. The Labute approximate surface area is 141 Å². The molecule has 0 saturated heterocycles. The molecule has 0 aliphatic carbocycles. The lowest BCUT2D eigenvalue weighted by atomic mass is 10.2. The van der Waals surface area contributed by atoms with Gasteiger partial charge in [-0.2, -0.15) is 0 Å². The zero-order chi connectivity index (χ0) is 16.4. The number of ether oxygens (including phenoxy) is 2. The van der Waals surface area contributed by atoms with Gasteiger partial charge in [0.1, 0.15) is 18.9 Å². The summed E-state index contributed by atoms with van der Waals surface area (Å²) in [6, 6.07) is 10.6. The second-order valence-electron chi connectivity index (χ2n) is 4.94. The van der Waals surface area contributed by atoms with E-state index in [1.165, 1.54) is 11.3 Å². The first-order valence-electron chi connectivity index (χ1n) is 7.25. The molecule has 1 aromatic carbocycles. The molecule has 0 atom stereocenters. The Morgan fingerprint density at radius 1 is 1.08 bits per heavy atom. The van der Waals surface area contributed by atoms with Crippen molar-refractivity contribution in [2.75, 3.05) is 18.5 Å². The van der Waals surface area contributed by atoms with E-state index in [2.05, 4.69) is 20.5 Å². The number of nitrogens with one attached hydrogen (secondary N) is 1. The third kappa shape index (κ3) is 2.91. The average Bonchev–Trinajstić information content (AvgIpc) is 3.10. The van der Waals surface area contributed by atoms with Crippen LogP contribution in [0.3, 0.4) is 0 Å². The van der Waals surface area contributed by atoms with Gasteiger partial charge < -0.3 is 9.47 Å². The van der Waals surface area contributed by atoms with Crippen molar-refractivity contribution < 1.29 is 14.3 Å². The molecule has 24 heavy (non-hydrogen) atoms.